The predicted molar refractivity (Wildman–Crippen MR) is 172 cm³/mol. The van der Waals surface area contributed by atoms with Crippen molar-refractivity contribution >= 4 is 11.8 Å². The number of aliphatic hydroxyl groups excluding tert-OH is 5. The Kier molecular flexibility index (Phi) is 16.1. The molecular formula is C34H53N3O7. The van der Waals surface area contributed by atoms with E-state index in [-0.39, 0.29) is 12.6 Å². The molecule has 2 aromatic carbocycles. The average Bonchev–Trinajstić information content (AvgIpc) is 3.04. The number of hydrogen-bond donors (Lipinski definition) is 6. The van der Waals surface area contributed by atoms with Gasteiger partial charge >= 0.3 is 6.09 Å². The maximum atomic E-state index is 12.6. The monoisotopic (exact) mass is 615 g/mol. The topological polar surface area (TPSA) is 146 Å². The van der Waals surface area contributed by atoms with E-state index < -0.39 is 37.1 Å². The highest BCUT2D eigenvalue weighted by Crippen LogP contribution is 2.28. The summed E-state index contributed by atoms with van der Waals surface area (Å²) in [6.45, 7) is 3.23. The Morgan fingerprint density at radius 3 is 2.14 bits per heavy atom. The SMILES string of the molecule is CN(CCCCCCCCCN1CCC(OC(=O)Nc2ccccc2-c2ccccc2)CC1)C[C@H](O)[C@@H](O)[C@H](O)[C@H](O)CO. The number of likely N-dealkylation sites (N-methyl/N-ethyl adjacent to an activating group) is 1. The van der Waals surface area contributed by atoms with Gasteiger partial charge in [-0.25, -0.2) is 4.79 Å². The van der Waals surface area contributed by atoms with Crippen LogP contribution in [-0.4, -0.2) is 118 Å². The number of ether oxygens (including phenoxy) is 1. The first-order valence-corrected chi connectivity index (χ1v) is 16.1. The molecule has 246 valence electrons. The highest BCUT2D eigenvalue weighted by Gasteiger charge is 2.30. The zero-order valence-electron chi connectivity index (χ0n) is 26.1. The second kappa shape index (κ2) is 19.7. The van der Waals surface area contributed by atoms with Crippen LogP contribution >= 0.6 is 0 Å². The minimum atomic E-state index is -1.59. The number of para-hydroxylation sites is 1. The molecule has 0 aliphatic carbocycles. The highest BCUT2D eigenvalue weighted by atomic mass is 16.6. The van der Waals surface area contributed by atoms with Crippen LogP contribution in [0.5, 0.6) is 0 Å². The normalized spacial score (nSPS) is 17.2. The summed E-state index contributed by atoms with van der Waals surface area (Å²) in [4.78, 5) is 17.0. The summed E-state index contributed by atoms with van der Waals surface area (Å²) in [7, 11) is 1.85. The van der Waals surface area contributed by atoms with E-state index in [1.807, 2.05) is 66.5 Å². The van der Waals surface area contributed by atoms with E-state index in [2.05, 4.69) is 10.2 Å². The molecule has 3 rings (SSSR count). The lowest BCUT2D eigenvalue weighted by Gasteiger charge is -2.31. The molecule has 1 aliphatic rings. The molecule has 0 spiro atoms. The maximum absolute atomic E-state index is 12.6. The molecule has 1 heterocycles. The third kappa shape index (κ3) is 12.4. The molecule has 0 saturated carbocycles. The zero-order chi connectivity index (χ0) is 31.7. The first-order chi connectivity index (χ1) is 21.3. The molecule has 1 fully saturated rings. The molecule has 44 heavy (non-hydrogen) atoms. The van der Waals surface area contributed by atoms with Crippen LogP contribution in [0.4, 0.5) is 10.5 Å². The number of nitrogens with zero attached hydrogens (tertiary/aromatic N) is 2. The molecular weight excluding hydrogens is 562 g/mol. The van der Waals surface area contributed by atoms with Crippen LogP contribution < -0.4 is 5.32 Å². The number of hydrogen-bond acceptors (Lipinski definition) is 9. The molecule has 0 unspecified atom stereocenters. The van der Waals surface area contributed by atoms with Crippen LogP contribution in [0.2, 0.25) is 0 Å². The summed E-state index contributed by atoms with van der Waals surface area (Å²) in [6, 6.07) is 17.8. The Labute approximate surface area is 262 Å². The highest BCUT2D eigenvalue weighted by molar-refractivity contribution is 5.91. The van der Waals surface area contributed by atoms with E-state index in [1.54, 1.807) is 0 Å². The Morgan fingerprint density at radius 1 is 0.864 bits per heavy atom. The van der Waals surface area contributed by atoms with Gasteiger partial charge in [0.05, 0.1) is 18.4 Å². The van der Waals surface area contributed by atoms with E-state index in [0.29, 0.717) is 0 Å². The molecule has 0 bridgehead atoms. The van der Waals surface area contributed by atoms with Gasteiger partial charge in [-0.3, -0.25) is 5.32 Å². The summed E-state index contributed by atoms with van der Waals surface area (Å²) >= 11 is 0. The molecule has 6 N–H and O–H groups in total. The molecule has 1 aliphatic heterocycles. The number of unbranched alkanes of at least 4 members (excludes halogenated alkanes) is 6. The Balaban J connectivity index is 1.19. The number of rotatable bonds is 19. The van der Waals surface area contributed by atoms with Gasteiger partial charge in [-0.1, -0.05) is 80.6 Å². The van der Waals surface area contributed by atoms with E-state index in [9.17, 15) is 25.2 Å². The van der Waals surface area contributed by atoms with Crippen LogP contribution in [0.25, 0.3) is 11.1 Å². The van der Waals surface area contributed by atoms with Crippen molar-refractivity contribution in [3.05, 3.63) is 54.6 Å². The number of benzene rings is 2. The lowest BCUT2D eigenvalue weighted by atomic mass is 10.0. The second-order valence-electron chi connectivity index (χ2n) is 12.0. The van der Waals surface area contributed by atoms with Crippen LogP contribution in [0.1, 0.15) is 57.8 Å². The summed E-state index contributed by atoms with van der Waals surface area (Å²) < 4.78 is 5.76. The smallest absolute Gasteiger partial charge is 0.411 e. The number of likely N-dealkylation sites (tertiary alicyclic amines) is 1. The first kappa shape index (κ1) is 35.9. The number of piperidine rings is 1. The number of anilines is 1. The quantitative estimate of drug-likeness (QED) is 0.131. The van der Waals surface area contributed by atoms with Gasteiger partial charge in [0.25, 0.3) is 0 Å². The fraction of sp³-hybridized carbons (Fsp3) is 0.618. The van der Waals surface area contributed by atoms with Crippen LogP contribution in [0, 0.1) is 0 Å². The summed E-state index contributed by atoms with van der Waals surface area (Å²) in [5.41, 5.74) is 2.77. The van der Waals surface area contributed by atoms with Crippen molar-refractivity contribution in [2.24, 2.45) is 0 Å². The minimum Gasteiger partial charge on any atom is -0.446 e. The van der Waals surface area contributed by atoms with E-state index in [0.717, 1.165) is 75.1 Å². The molecule has 4 atom stereocenters. The summed E-state index contributed by atoms with van der Waals surface area (Å²) in [5, 5.41) is 51.0. The van der Waals surface area contributed by atoms with Gasteiger partial charge in [0.1, 0.15) is 24.4 Å². The van der Waals surface area contributed by atoms with Crippen LogP contribution in [0.15, 0.2) is 54.6 Å². The Bertz CT molecular complexity index is 1070. The lowest BCUT2D eigenvalue weighted by molar-refractivity contribution is -0.118. The molecule has 10 heteroatoms. The van der Waals surface area contributed by atoms with Gasteiger partial charge in [-0.05, 0) is 57.5 Å². The molecule has 0 radical (unpaired) electrons. The van der Waals surface area contributed by atoms with Crippen molar-refractivity contribution in [3.8, 4) is 11.1 Å². The van der Waals surface area contributed by atoms with Crippen molar-refractivity contribution in [2.75, 3.05) is 51.7 Å². The van der Waals surface area contributed by atoms with Gasteiger partial charge in [0, 0.05) is 25.2 Å². The Morgan fingerprint density at radius 2 is 1.45 bits per heavy atom. The number of nitrogens with one attached hydrogen (secondary N) is 1. The first-order valence-electron chi connectivity index (χ1n) is 16.1. The summed E-state index contributed by atoms with van der Waals surface area (Å²) in [5.74, 6) is 0. The molecule has 10 nitrogen and oxygen atoms in total. The van der Waals surface area contributed by atoms with Crippen molar-refractivity contribution in [3.63, 3.8) is 0 Å². The number of amides is 1. The van der Waals surface area contributed by atoms with Crippen molar-refractivity contribution in [2.45, 2.75) is 88.3 Å². The molecule has 1 saturated heterocycles. The Hall–Kier alpha value is -2.57. The zero-order valence-corrected chi connectivity index (χ0v) is 26.1. The number of aliphatic hydroxyl groups is 5. The van der Waals surface area contributed by atoms with E-state index in [1.165, 1.54) is 25.7 Å². The molecule has 1 amide bonds. The lowest BCUT2D eigenvalue weighted by Crippen LogP contribution is -2.49. The average molecular weight is 616 g/mol. The largest absolute Gasteiger partial charge is 0.446 e. The van der Waals surface area contributed by atoms with Crippen molar-refractivity contribution < 1.29 is 35.1 Å². The second-order valence-corrected chi connectivity index (χ2v) is 12.0. The van der Waals surface area contributed by atoms with Gasteiger partial charge in [0.2, 0.25) is 0 Å². The third-order valence-corrected chi connectivity index (χ3v) is 8.40. The van der Waals surface area contributed by atoms with Crippen LogP contribution in [0.3, 0.4) is 0 Å². The van der Waals surface area contributed by atoms with Gasteiger partial charge in [-0.15, -0.1) is 0 Å². The van der Waals surface area contributed by atoms with Crippen molar-refractivity contribution in [1.29, 1.82) is 0 Å². The van der Waals surface area contributed by atoms with Crippen LogP contribution in [-0.2, 0) is 4.74 Å². The van der Waals surface area contributed by atoms with Gasteiger partial charge < -0.3 is 40.1 Å². The summed E-state index contributed by atoms with van der Waals surface area (Å²) in [6.07, 6.45) is 3.44. The minimum absolute atomic E-state index is 0.0618. The number of carbonyl (C=O) groups is 1. The predicted octanol–water partition coefficient (Wildman–Crippen LogP) is 3.46. The van der Waals surface area contributed by atoms with Gasteiger partial charge in [-0.2, -0.15) is 0 Å². The maximum Gasteiger partial charge on any atom is 0.411 e. The van der Waals surface area contributed by atoms with Gasteiger partial charge in [0.15, 0.2) is 0 Å². The standard InChI is InChI=1S/C34H53N3O7/c1-36(24-30(39)32(41)33(42)31(40)25-38)20-12-5-3-2-4-6-13-21-37-22-18-27(19-23-37)44-34(43)35-29-17-11-10-16-28(29)26-14-8-7-9-15-26/h7-11,14-17,27,30-33,38-42H,2-6,12-13,18-25H2,1H3,(H,35,43)/t30-,31+,32+,33+/m0/s1. The number of carbonyl (C=O) groups excluding carboxylic acids is 1. The van der Waals surface area contributed by atoms with Crippen molar-refractivity contribution in [1.82, 2.24) is 9.80 Å². The molecule has 0 aromatic heterocycles. The van der Waals surface area contributed by atoms with E-state index >= 15 is 0 Å². The third-order valence-electron chi connectivity index (χ3n) is 8.40. The molecule has 2 aromatic rings. The van der Waals surface area contributed by atoms with E-state index in [4.69, 9.17) is 9.84 Å². The fourth-order valence-electron chi connectivity index (χ4n) is 5.69. The fourth-order valence-corrected chi connectivity index (χ4v) is 5.69.